The standard InChI is InChI=1S/C24H24ClFN2O3S2/c1-18-8-5-6-13-23(18)28(33(30,31)19-9-3-2-4-10-19)16-24(29)27-14-15-32-17-20-21(25)11-7-12-22(20)26/h2-13H,14-17H2,1H3,(H,27,29). The smallest absolute Gasteiger partial charge is 0.264 e. The second kappa shape index (κ2) is 11.5. The van der Waals surface area contributed by atoms with Gasteiger partial charge in [0.1, 0.15) is 12.4 Å². The summed E-state index contributed by atoms with van der Waals surface area (Å²) in [4.78, 5) is 12.8. The molecule has 33 heavy (non-hydrogen) atoms. The van der Waals surface area contributed by atoms with E-state index in [2.05, 4.69) is 5.32 Å². The molecule has 3 rings (SSSR count). The summed E-state index contributed by atoms with van der Waals surface area (Å²) in [5.41, 5.74) is 1.61. The van der Waals surface area contributed by atoms with Gasteiger partial charge in [-0.05, 0) is 42.8 Å². The van der Waals surface area contributed by atoms with Crippen LogP contribution >= 0.6 is 23.4 Å². The van der Waals surface area contributed by atoms with Crippen LogP contribution in [0.2, 0.25) is 5.02 Å². The van der Waals surface area contributed by atoms with Crippen molar-refractivity contribution in [3.63, 3.8) is 0 Å². The van der Waals surface area contributed by atoms with Crippen molar-refractivity contribution in [3.8, 4) is 0 Å². The molecule has 0 heterocycles. The number of sulfonamides is 1. The summed E-state index contributed by atoms with van der Waals surface area (Å²) < 4.78 is 41.6. The van der Waals surface area contributed by atoms with Crippen molar-refractivity contribution in [2.24, 2.45) is 0 Å². The number of para-hydroxylation sites is 1. The number of anilines is 1. The third-order valence-electron chi connectivity index (χ3n) is 4.88. The summed E-state index contributed by atoms with van der Waals surface area (Å²) in [6, 6.07) is 19.6. The molecule has 0 spiro atoms. The quantitative estimate of drug-likeness (QED) is 0.391. The maximum absolute atomic E-state index is 13.8. The number of thioether (sulfide) groups is 1. The molecule has 0 saturated heterocycles. The van der Waals surface area contributed by atoms with Crippen molar-refractivity contribution in [1.29, 1.82) is 0 Å². The fourth-order valence-electron chi connectivity index (χ4n) is 3.16. The predicted molar refractivity (Wildman–Crippen MR) is 133 cm³/mol. The van der Waals surface area contributed by atoms with Gasteiger partial charge in [-0.15, -0.1) is 0 Å². The van der Waals surface area contributed by atoms with Crippen molar-refractivity contribution >= 4 is 45.0 Å². The normalized spacial score (nSPS) is 11.2. The molecule has 3 aromatic carbocycles. The Bertz CT molecular complexity index is 1190. The summed E-state index contributed by atoms with van der Waals surface area (Å²) in [7, 11) is -3.94. The number of hydrogen-bond donors (Lipinski definition) is 1. The van der Waals surface area contributed by atoms with E-state index >= 15 is 0 Å². The molecular formula is C24H24ClFN2O3S2. The van der Waals surface area contributed by atoms with Crippen molar-refractivity contribution < 1.29 is 17.6 Å². The number of amides is 1. The molecular weight excluding hydrogens is 483 g/mol. The average molecular weight is 507 g/mol. The molecule has 0 aliphatic rings. The Balaban J connectivity index is 1.64. The second-order valence-electron chi connectivity index (χ2n) is 7.21. The lowest BCUT2D eigenvalue weighted by atomic mass is 10.2. The zero-order valence-corrected chi connectivity index (χ0v) is 20.4. The zero-order chi connectivity index (χ0) is 23.8. The third kappa shape index (κ3) is 6.50. The van der Waals surface area contributed by atoms with Gasteiger partial charge < -0.3 is 5.32 Å². The number of nitrogens with zero attached hydrogens (tertiary/aromatic N) is 1. The van der Waals surface area contributed by atoms with Crippen LogP contribution in [0.15, 0.2) is 77.7 Å². The number of nitrogens with one attached hydrogen (secondary N) is 1. The van der Waals surface area contributed by atoms with Crippen molar-refractivity contribution in [3.05, 3.63) is 94.8 Å². The molecule has 0 atom stereocenters. The molecule has 3 aromatic rings. The van der Waals surface area contributed by atoms with Gasteiger partial charge in [0.05, 0.1) is 10.6 Å². The van der Waals surface area contributed by atoms with Gasteiger partial charge in [-0.3, -0.25) is 9.10 Å². The fraction of sp³-hybridized carbons (Fsp3) is 0.208. The molecule has 1 amide bonds. The maximum atomic E-state index is 13.8. The van der Waals surface area contributed by atoms with E-state index in [4.69, 9.17) is 11.6 Å². The van der Waals surface area contributed by atoms with Crippen LogP contribution in [0, 0.1) is 12.7 Å². The number of carbonyl (C=O) groups is 1. The Kier molecular flexibility index (Phi) is 8.77. The van der Waals surface area contributed by atoms with Crippen LogP contribution in [0.4, 0.5) is 10.1 Å². The van der Waals surface area contributed by atoms with E-state index in [-0.39, 0.29) is 17.3 Å². The summed E-state index contributed by atoms with van der Waals surface area (Å²) in [6.07, 6.45) is 0. The Morgan fingerprint density at radius 2 is 1.73 bits per heavy atom. The summed E-state index contributed by atoms with van der Waals surface area (Å²) in [6.45, 7) is 1.75. The molecule has 0 aliphatic heterocycles. The molecule has 0 aliphatic carbocycles. The topological polar surface area (TPSA) is 66.5 Å². The van der Waals surface area contributed by atoms with Gasteiger partial charge in [-0.1, -0.05) is 54.1 Å². The van der Waals surface area contributed by atoms with Crippen molar-refractivity contribution in [1.82, 2.24) is 5.32 Å². The molecule has 0 bridgehead atoms. The fourth-order valence-corrected chi connectivity index (χ4v) is 5.86. The monoisotopic (exact) mass is 506 g/mol. The Morgan fingerprint density at radius 3 is 2.42 bits per heavy atom. The number of hydrogen-bond acceptors (Lipinski definition) is 4. The van der Waals surface area contributed by atoms with Gasteiger partial charge in [0, 0.05) is 28.6 Å². The first-order chi connectivity index (χ1) is 15.8. The lowest BCUT2D eigenvalue weighted by Gasteiger charge is -2.25. The molecule has 174 valence electrons. The highest BCUT2D eigenvalue weighted by atomic mass is 35.5. The Morgan fingerprint density at radius 1 is 1.03 bits per heavy atom. The van der Waals surface area contributed by atoms with Crippen LogP contribution in [0.5, 0.6) is 0 Å². The molecule has 0 aromatic heterocycles. The second-order valence-corrected chi connectivity index (χ2v) is 10.6. The zero-order valence-electron chi connectivity index (χ0n) is 18.0. The van der Waals surface area contributed by atoms with Gasteiger partial charge >= 0.3 is 0 Å². The first kappa shape index (κ1) is 25.1. The van der Waals surface area contributed by atoms with Crippen LogP contribution in [0.25, 0.3) is 0 Å². The molecule has 9 heteroatoms. The van der Waals surface area contributed by atoms with Gasteiger partial charge in [-0.25, -0.2) is 12.8 Å². The molecule has 0 fully saturated rings. The Labute approximate surface area is 203 Å². The van der Waals surface area contributed by atoms with E-state index in [9.17, 15) is 17.6 Å². The highest BCUT2D eigenvalue weighted by Gasteiger charge is 2.27. The largest absolute Gasteiger partial charge is 0.354 e. The highest BCUT2D eigenvalue weighted by Crippen LogP contribution is 2.26. The van der Waals surface area contributed by atoms with E-state index in [0.29, 0.717) is 34.3 Å². The van der Waals surface area contributed by atoms with Crippen LogP contribution in [-0.2, 0) is 20.6 Å². The first-order valence-corrected chi connectivity index (χ1v) is 13.2. The minimum Gasteiger partial charge on any atom is -0.354 e. The minimum absolute atomic E-state index is 0.110. The van der Waals surface area contributed by atoms with Gasteiger partial charge in [0.15, 0.2) is 0 Å². The summed E-state index contributed by atoms with van der Waals surface area (Å²) in [5.74, 6) is 0.104. The summed E-state index contributed by atoms with van der Waals surface area (Å²) >= 11 is 7.45. The van der Waals surface area contributed by atoms with Crippen LogP contribution in [0.3, 0.4) is 0 Å². The average Bonchev–Trinajstić information content (AvgIpc) is 2.80. The van der Waals surface area contributed by atoms with E-state index < -0.39 is 15.9 Å². The SMILES string of the molecule is Cc1ccccc1N(CC(=O)NCCSCc1c(F)cccc1Cl)S(=O)(=O)c1ccccc1. The lowest BCUT2D eigenvalue weighted by Crippen LogP contribution is -2.41. The van der Waals surface area contributed by atoms with Crippen molar-refractivity contribution in [2.75, 3.05) is 23.1 Å². The number of rotatable bonds is 10. The van der Waals surface area contributed by atoms with Crippen LogP contribution in [0.1, 0.15) is 11.1 Å². The molecule has 0 radical (unpaired) electrons. The predicted octanol–water partition coefficient (Wildman–Crippen LogP) is 5.03. The number of carbonyl (C=O) groups excluding carboxylic acids is 1. The van der Waals surface area contributed by atoms with Crippen molar-refractivity contribution in [2.45, 2.75) is 17.6 Å². The number of aryl methyl sites for hydroxylation is 1. The molecule has 0 unspecified atom stereocenters. The van der Waals surface area contributed by atoms with Crippen LogP contribution < -0.4 is 9.62 Å². The van der Waals surface area contributed by atoms with E-state index in [1.807, 2.05) is 6.07 Å². The maximum Gasteiger partial charge on any atom is 0.264 e. The minimum atomic E-state index is -3.94. The lowest BCUT2D eigenvalue weighted by molar-refractivity contribution is -0.119. The van der Waals surface area contributed by atoms with Crippen LogP contribution in [-0.4, -0.2) is 33.2 Å². The van der Waals surface area contributed by atoms with Gasteiger partial charge in [0.25, 0.3) is 10.0 Å². The third-order valence-corrected chi connectivity index (χ3v) is 7.99. The molecule has 0 saturated carbocycles. The first-order valence-electron chi connectivity index (χ1n) is 10.2. The number of benzene rings is 3. The van der Waals surface area contributed by atoms with Gasteiger partial charge in [-0.2, -0.15) is 11.8 Å². The van der Waals surface area contributed by atoms with E-state index in [1.54, 1.807) is 55.5 Å². The van der Waals surface area contributed by atoms with Gasteiger partial charge in [0.2, 0.25) is 5.91 Å². The molecule has 5 nitrogen and oxygen atoms in total. The van der Waals surface area contributed by atoms with E-state index in [1.165, 1.54) is 30.0 Å². The summed E-state index contributed by atoms with van der Waals surface area (Å²) in [5, 5.41) is 3.12. The van der Waals surface area contributed by atoms with E-state index in [0.717, 1.165) is 9.87 Å². The number of halogens is 2. The highest BCUT2D eigenvalue weighted by molar-refractivity contribution is 7.98. The Hall–Kier alpha value is -2.55. The molecule has 1 N–H and O–H groups in total.